The predicted molar refractivity (Wildman–Crippen MR) is 118 cm³/mol. The molecule has 3 heteroatoms. The third-order valence-electron chi connectivity index (χ3n) is 11.9. The molecule has 1 spiro atoms. The maximum atomic E-state index is 10.3. The van der Waals surface area contributed by atoms with E-state index in [9.17, 15) is 5.11 Å². The normalized spacial score (nSPS) is 62.5. The van der Waals surface area contributed by atoms with Crippen molar-refractivity contribution in [1.29, 1.82) is 0 Å². The standard InChI is InChI=1S/C27H44O3/c1-16-7-12-27(29-15-16)17(2)24-23(30-27)14-22-20-6-5-18-13-19(28)8-10-25(18,3)21(20)9-11-26(22,24)4/h16-24,28H,5-15H2,1-4H3/t16-,17+,18+,19+,20?,21+,22+,23?,24?,25+,26+,27-/m1/s1. The van der Waals surface area contributed by atoms with Crippen molar-refractivity contribution in [3.8, 4) is 0 Å². The van der Waals surface area contributed by atoms with Crippen molar-refractivity contribution in [2.75, 3.05) is 6.61 Å². The van der Waals surface area contributed by atoms with E-state index in [4.69, 9.17) is 9.47 Å². The van der Waals surface area contributed by atoms with Crippen LogP contribution in [-0.4, -0.2) is 29.7 Å². The molecule has 6 fully saturated rings. The third kappa shape index (κ3) is 2.61. The van der Waals surface area contributed by atoms with Crippen molar-refractivity contribution >= 4 is 0 Å². The van der Waals surface area contributed by atoms with Gasteiger partial charge in [0.1, 0.15) is 0 Å². The van der Waals surface area contributed by atoms with E-state index >= 15 is 0 Å². The molecule has 0 aromatic heterocycles. The fraction of sp³-hybridized carbons (Fsp3) is 1.00. The Morgan fingerprint density at radius 3 is 2.40 bits per heavy atom. The average molecular weight is 417 g/mol. The van der Waals surface area contributed by atoms with Crippen LogP contribution >= 0.6 is 0 Å². The predicted octanol–water partition coefficient (Wildman–Crippen LogP) is 5.79. The van der Waals surface area contributed by atoms with Crippen LogP contribution in [0.3, 0.4) is 0 Å². The van der Waals surface area contributed by atoms with E-state index in [1.807, 2.05) is 0 Å². The Morgan fingerprint density at radius 2 is 1.63 bits per heavy atom. The van der Waals surface area contributed by atoms with Gasteiger partial charge in [-0.1, -0.05) is 27.7 Å². The minimum absolute atomic E-state index is 0.0389. The molecule has 0 aromatic carbocycles. The van der Waals surface area contributed by atoms with Crippen LogP contribution in [-0.2, 0) is 9.47 Å². The Kier molecular flexibility index (Phi) is 4.58. The lowest BCUT2D eigenvalue weighted by atomic mass is 9.44. The number of rotatable bonds is 0. The summed E-state index contributed by atoms with van der Waals surface area (Å²) in [5.41, 5.74) is 0.899. The topological polar surface area (TPSA) is 38.7 Å². The Labute approximate surface area is 183 Å². The number of fused-ring (bicyclic) bond motifs is 7. The molecule has 3 unspecified atom stereocenters. The Hall–Kier alpha value is -0.120. The maximum Gasteiger partial charge on any atom is 0.171 e. The SMILES string of the molecule is C[C@@H]1CC[C@@]2(OC1)OC1C[C@H]3C4CC[C@H]5C[C@@H](O)CC[C@]5(C)[C@H]4CC[C@]3(C)C1[C@@H]2C. The zero-order valence-corrected chi connectivity index (χ0v) is 19.7. The van der Waals surface area contributed by atoms with Gasteiger partial charge in [0.15, 0.2) is 5.79 Å². The highest BCUT2D eigenvalue weighted by molar-refractivity contribution is 5.15. The van der Waals surface area contributed by atoms with Crippen molar-refractivity contribution in [3.05, 3.63) is 0 Å². The molecule has 0 amide bonds. The summed E-state index contributed by atoms with van der Waals surface area (Å²) in [4.78, 5) is 0. The van der Waals surface area contributed by atoms with Gasteiger partial charge in [-0.15, -0.1) is 0 Å². The summed E-state index contributed by atoms with van der Waals surface area (Å²) in [6.45, 7) is 10.9. The zero-order chi connectivity index (χ0) is 20.9. The Morgan fingerprint density at radius 1 is 0.833 bits per heavy atom. The molecule has 4 saturated carbocycles. The van der Waals surface area contributed by atoms with Crippen molar-refractivity contribution < 1.29 is 14.6 Å². The summed E-state index contributed by atoms with van der Waals surface area (Å²) in [5, 5.41) is 10.3. The summed E-state index contributed by atoms with van der Waals surface area (Å²) in [6.07, 6.45) is 12.9. The first-order valence-corrected chi connectivity index (χ1v) is 13.3. The number of ether oxygens (including phenoxy) is 2. The molecule has 0 radical (unpaired) electrons. The van der Waals surface area contributed by atoms with Gasteiger partial charge in [0.05, 0.1) is 18.8 Å². The third-order valence-corrected chi connectivity index (χ3v) is 11.9. The monoisotopic (exact) mass is 416 g/mol. The second-order valence-electron chi connectivity index (χ2n) is 13.1. The van der Waals surface area contributed by atoms with E-state index in [0.29, 0.717) is 34.7 Å². The Bertz CT molecular complexity index is 684. The van der Waals surface area contributed by atoms with Gasteiger partial charge in [0.2, 0.25) is 0 Å². The summed E-state index contributed by atoms with van der Waals surface area (Å²) in [7, 11) is 0. The van der Waals surface area contributed by atoms with Crippen molar-refractivity contribution in [2.24, 2.45) is 52.3 Å². The van der Waals surface area contributed by atoms with Crippen LogP contribution in [0, 0.1) is 52.3 Å². The van der Waals surface area contributed by atoms with E-state index in [0.717, 1.165) is 49.5 Å². The average Bonchev–Trinajstić information content (AvgIpc) is 3.16. The molecule has 30 heavy (non-hydrogen) atoms. The van der Waals surface area contributed by atoms with Crippen LogP contribution < -0.4 is 0 Å². The van der Waals surface area contributed by atoms with Gasteiger partial charge >= 0.3 is 0 Å². The molecule has 170 valence electrons. The molecular weight excluding hydrogens is 372 g/mol. The van der Waals surface area contributed by atoms with Crippen molar-refractivity contribution in [1.82, 2.24) is 0 Å². The fourth-order valence-electron chi connectivity index (χ4n) is 10.3. The van der Waals surface area contributed by atoms with Crippen LogP contribution in [0.1, 0.15) is 91.9 Å². The number of aliphatic hydroxyl groups is 1. The quantitative estimate of drug-likeness (QED) is 0.543. The molecule has 6 aliphatic rings. The minimum atomic E-state index is -0.282. The lowest BCUT2D eigenvalue weighted by Crippen LogP contribution is -2.55. The molecule has 3 nitrogen and oxygen atoms in total. The van der Waals surface area contributed by atoms with E-state index < -0.39 is 0 Å². The van der Waals surface area contributed by atoms with Gasteiger partial charge in [-0.25, -0.2) is 0 Å². The molecule has 0 aromatic rings. The van der Waals surface area contributed by atoms with Crippen LogP contribution in [0.15, 0.2) is 0 Å². The van der Waals surface area contributed by atoms with Gasteiger partial charge in [-0.3, -0.25) is 0 Å². The maximum absolute atomic E-state index is 10.3. The van der Waals surface area contributed by atoms with Crippen LogP contribution in [0.4, 0.5) is 0 Å². The summed E-state index contributed by atoms with van der Waals surface area (Å²) in [6, 6.07) is 0. The summed E-state index contributed by atoms with van der Waals surface area (Å²) in [5.74, 6) is 4.93. The minimum Gasteiger partial charge on any atom is -0.393 e. The highest BCUT2D eigenvalue weighted by atomic mass is 16.7. The molecule has 6 rings (SSSR count). The van der Waals surface area contributed by atoms with Gasteiger partial charge in [-0.2, -0.15) is 0 Å². The molecule has 2 heterocycles. The van der Waals surface area contributed by atoms with E-state index in [1.165, 1.54) is 44.9 Å². The largest absolute Gasteiger partial charge is 0.393 e. The molecule has 2 aliphatic heterocycles. The van der Waals surface area contributed by atoms with Crippen LogP contribution in [0.5, 0.6) is 0 Å². The lowest BCUT2D eigenvalue weighted by molar-refractivity contribution is -0.273. The smallest absolute Gasteiger partial charge is 0.171 e. The Balaban J connectivity index is 1.26. The summed E-state index contributed by atoms with van der Waals surface area (Å²) >= 11 is 0. The molecule has 1 N–H and O–H groups in total. The van der Waals surface area contributed by atoms with Gasteiger partial charge in [0, 0.05) is 12.3 Å². The number of hydrogen-bond acceptors (Lipinski definition) is 3. The van der Waals surface area contributed by atoms with Crippen LogP contribution in [0.25, 0.3) is 0 Å². The number of hydrogen-bond donors (Lipinski definition) is 1. The van der Waals surface area contributed by atoms with E-state index in [1.54, 1.807) is 0 Å². The zero-order valence-electron chi connectivity index (χ0n) is 19.7. The highest BCUT2D eigenvalue weighted by Gasteiger charge is 2.69. The molecule has 2 saturated heterocycles. The molecule has 4 aliphatic carbocycles. The van der Waals surface area contributed by atoms with Crippen molar-refractivity contribution in [3.63, 3.8) is 0 Å². The summed E-state index contributed by atoms with van der Waals surface area (Å²) < 4.78 is 13.4. The molecular formula is C27H44O3. The number of aliphatic hydroxyl groups excluding tert-OH is 1. The van der Waals surface area contributed by atoms with E-state index in [-0.39, 0.29) is 11.9 Å². The second-order valence-corrected chi connectivity index (χ2v) is 13.1. The van der Waals surface area contributed by atoms with Gasteiger partial charge in [0.25, 0.3) is 0 Å². The first kappa shape index (κ1) is 20.5. The highest BCUT2D eigenvalue weighted by Crippen LogP contribution is 2.71. The lowest BCUT2D eigenvalue weighted by Gasteiger charge is -2.61. The first-order valence-electron chi connectivity index (χ1n) is 13.3. The first-order chi connectivity index (χ1) is 14.3. The van der Waals surface area contributed by atoms with E-state index in [2.05, 4.69) is 27.7 Å². The fourth-order valence-corrected chi connectivity index (χ4v) is 10.3. The van der Waals surface area contributed by atoms with Gasteiger partial charge < -0.3 is 14.6 Å². The molecule has 12 atom stereocenters. The van der Waals surface area contributed by atoms with Crippen molar-refractivity contribution in [2.45, 2.75) is 110 Å². The van der Waals surface area contributed by atoms with Crippen LogP contribution in [0.2, 0.25) is 0 Å². The molecule has 0 bridgehead atoms. The van der Waals surface area contributed by atoms with Gasteiger partial charge in [-0.05, 0) is 104 Å². The second kappa shape index (κ2) is 6.70.